The molecule has 2 saturated heterocycles. The lowest BCUT2D eigenvalue weighted by molar-refractivity contribution is -0.141. The lowest BCUT2D eigenvalue weighted by Gasteiger charge is -2.34. The summed E-state index contributed by atoms with van der Waals surface area (Å²) in [4.78, 5) is 38.2. The van der Waals surface area contributed by atoms with Crippen LogP contribution in [-0.2, 0) is 19.1 Å². The Kier molecular flexibility index (Phi) is 6.45. The molecule has 146 valence electrons. The summed E-state index contributed by atoms with van der Waals surface area (Å²) in [7, 11) is 0. The van der Waals surface area contributed by atoms with Gasteiger partial charge in [0.05, 0.1) is 0 Å². The fourth-order valence-electron chi connectivity index (χ4n) is 3.69. The summed E-state index contributed by atoms with van der Waals surface area (Å²) in [5.41, 5.74) is 1.31. The molecule has 2 aliphatic rings. The molecule has 2 aliphatic heterocycles. The standard InChI is InChI=1S/C20H27N3O4/c1-14(24)21-17-3-2-4-18(13-17)22-19(25)15-5-9-23(10-6-15)20(26)16-7-11-27-12-8-16/h2-4,13,15-16H,5-12H2,1H3,(H,21,24)(H,22,25). The van der Waals surface area contributed by atoms with Crippen molar-refractivity contribution in [3.63, 3.8) is 0 Å². The second kappa shape index (κ2) is 8.99. The fourth-order valence-corrected chi connectivity index (χ4v) is 3.69. The summed E-state index contributed by atoms with van der Waals surface area (Å²) in [5, 5.41) is 5.63. The Balaban J connectivity index is 1.49. The first kappa shape index (κ1) is 19.4. The van der Waals surface area contributed by atoms with E-state index in [0.717, 1.165) is 12.8 Å². The Morgan fingerprint density at radius 3 is 2.22 bits per heavy atom. The van der Waals surface area contributed by atoms with E-state index in [1.807, 2.05) is 4.90 Å². The summed E-state index contributed by atoms with van der Waals surface area (Å²) >= 11 is 0. The molecule has 0 aliphatic carbocycles. The lowest BCUT2D eigenvalue weighted by Crippen LogP contribution is -2.45. The molecule has 0 aromatic heterocycles. The van der Waals surface area contributed by atoms with Gasteiger partial charge in [-0.1, -0.05) is 6.07 Å². The van der Waals surface area contributed by atoms with Gasteiger partial charge in [-0.3, -0.25) is 14.4 Å². The van der Waals surface area contributed by atoms with Crippen LogP contribution in [0, 0.1) is 11.8 Å². The van der Waals surface area contributed by atoms with Gasteiger partial charge in [-0.15, -0.1) is 0 Å². The molecule has 3 rings (SSSR count). The predicted molar refractivity (Wildman–Crippen MR) is 102 cm³/mol. The van der Waals surface area contributed by atoms with E-state index in [0.29, 0.717) is 50.5 Å². The average Bonchev–Trinajstić information content (AvgIpc) is 2.68. The molecular weight excluding hydrogens is 346 g/mol. The third-order valence-electron chi connectivity index (χ3n) is 5.20. The number of carbonyl (C=O) groups excluding carboxylic acids is 3. The van der Waals surface area contributed by atoms with Gasteiger partial charge in [0.2, 0.25) is 17.7 Å². The zero-order valence-electron chi connectivity index (χ0n) is 15.7. The molecule has 2 N–H and O–H groups in total. The first-order valence-corrected chi connectivity index (χ1v) is 9.58. The zero-order chi connectivity index (χ0) is 19.2. The average molecular weight is 373 g/mol. The SMILES string of the molecule is CC(=O)Nc1cccc(NC(=O)C2CCN(C(=O)C3CCOCC3)CC2)c1. The highest BCUT2D eigenvalue weighted by molar-refractivity contribution is 5.94. The van der Waals surface area contributed by atoms with Crippen molar-refractivity contribution in [2.45, 2.75) is 32.6 Å². The van der Waals surface area contributed by atoms with Gasteiger partial charge in [-0.2, -0.15) is 0 Å². The number of ether oxygens (including phenoxy) is 1. The molecule has 3 amide bonds. The van der Waals surface area contributed by atoms with Crippen LogP contribution in [0.5, 0.6) is 0 Å². The van der Waals surface area contributed by atoms with Crippen LogP contribution in [0.1, 0.15) is 32.6 Å². The molecule has 0 radical (unpaired) electrons. The highest BCUT2D eigenvalue weighted by Crippen LogP contribution is 2.24. The number of piperidine rings is 1. The van der Waals surface area contributed by atoms with Crippen molar-refractivity contribution in [1.29, 1.82) is 0 Å². The number of amides is 3. The fraction of sp³-hybridized carbons (Fsp3) is 0.550. The molecule has 2 fully saturated rings. The smallest absolute Gasteiger partial charge is 0.227 e. The van der Waals surface area contributed by atoms with Gasteiger partial charge in [-0.25, -0.2) is 0 Å². The van der Waals surface area contributed by atoms with E-state index < -0.39 is 0 Å². The molecular formula is C20H27N3O4. The maximum Gasteiger partial charge on any atom is 0.227 e. The van der Waals surface area contributed by atoms with Crippen molar-refractivity contribution < 1.29 is 19.1 Å². The van der Waals surface area contributed by atoms with E-state index in [-0.39, 0.29) is 29.6 Å². The number of hydrogen-bond acceptors (Lipinski definition) is 4. The predicted octanol–water partition coefficient (Wildman–Crippen LogP) is 2.25. The van der Waals surface area contributed by atoms with Crippen molar-refractivity contribution >= 4 is 29.1 Å². The minimum absolute atomic E-state index is 0.0341. The first-order chi connectivity index (χ1) is 13.0. The molecule has 7 heteroatoms. The third kappa shape index (κ3) is 5.29. The van der Waals surface area contributed by atoms with Gasteiger partial charge < -0.3 is 20.3 Å². The molecule has 1 aromatic carbocycles. The molecule has 0 bridgehead atoms. The van der Waals surface area contributed by atoms with E-state index in [2.05, 4.69) is 10.6 Å². The molecule has 0 unspecified atom stereocenters. The number of nitrogens with one attached hydrogen (secondary N) is 2. The normalized spacial score (nSPS) is 18.8. The monoisotopic (exact) mass is 373 g/mol. The topological polar surface area (TPSA) is 87.7 Å². The summed E-state index contributed by atoms with van der Waals surface area (Å²) in [5.74, 6) is -0.0119. The molecule has 27 heavy (non-hydrogen) atoms. The third-order valence-corrected chi connectivity index (χ3v) is 5.20. The van der Waals surface area contributed by atoms with Crippen molar-refractivity contribution in [2.24, 2.45) is 11.8 Å². The minimum Gasteiger partial charge on any atom is -0.381 e. The van der Waals surface area contributed by atoms with Crippen molar-refractivity contribution in [2.75, 3.05) is 36.9 Å². The highest BCUT2D eigenvalue weighted by Gasteiger charge is 2.31. The Morgan fingerprint density at radius 1 is 0.963 bits per heavy atom. The molecule has 0 saturated carbocycles. The van der Waals surface area contributed by atoms with Crippen molar-refractivity contribution in [3.05, 3.63) is 24.3 Å². The second-order valence-corrected chi connectivity index (χ2v) is 7.24. The number of anilines is 2. The summed E-state index contributed by atoms with van der Waals surface area (Å²) in [6, 6.07) is 7.10. The number of benzene rings is 1. The molecule has 0 spiro atoms. The summed E-state index contributed by atoms with van der Waals surface area (Å²) in [6.07, 6.45) is 2.94. The van der Waals surface area contributed by atoms with Crippen LogP contribution in [0.4, 0.5) is 11.4 Å². The number of carbonyl (C=O) groups is 3. The second-order valence-electron chi connectivity index (χ2n) is 7.24. The molecule has 2 heterocycles. The highest BCUT2D eigenvalue weighted by atomic mass is 16.5. The first-order valence-electron chi connectivity index (χ1n) is 9.58. The van der Waals surface area contributed by atoms with Gasteiger partial charge in [-0.05, 0) is 43.9 Å². The Morgan fingerprint density at radius 2 is 1.59 bits per heavy atom. The summed E-state index contributed by atoms with van der Waals surface area (Å²) < 4.78 is 5.33. The Hall–Kier alpha value is -2.41. The van der Waals surface area contributed by atoms with Crippen molar-refractivity contribution in [3.8, 4) is 0 Å². The number of rotatable bonds is 4. The lowest BCUT2D eigenvalue weighted by atomic mass is 9.93. The van der Waals surface area contributed by atoms with Crippen LogP contribution < -0.4 is 10.6 Å². The van der Waals surface area contributed by atoms with E-state index >= 15 is 0 Å². The number of hydrogen-bond donors (Lipinski definition) is 2. The van der Waals surface area contributed by atoms with Crippen molar-refractivity contribution in [1.82, 2.24) is 4.90 Å². The molecule has 7 nitrogen and oxygen atoms in total. The minimum atomic E-state index is -0.153. The van der Waals surface area contributed by atoms with E-state index in [9.17, 15) is 14.4 Å². The van der Waals surface area contributed by atoms with Crippen LogP contribution >= 0.6 is 0 Å². The number of nitrogens with zero attached hydrogens (tertiary/aromatic N) is 1. The Labute approximate surface area is 159 Å². The molecule has 1 aromatic rings. The van der Waals surface area contributed by atoms with Gasteiger partial charge in [0.1, 0.15) is 0 Å². The van der Waals surface area contributed by atoms with Crippen LogP contribution in [-0.4, -0.2) is 48.9 Å². The van der Waals surface area contributed by atoms with E-state index in [1.165, 1.54) is 6.92 Å². The molecule has 0 atom stereocenters. The summed E-state index contributed by atoms with van der Waals surface area (Å²) in [6.45, 7) is 4.01. The van der Waals surface area contributed by atoms with Crippen LogP contribution in [0.25, 0.3) is 0 Å². The van der Waals surface area contributed by atoms with Crippen LogP contribution in [0.2, 0.25) is 0 Å². The number of likely N-dealkylation sites (tertiary alicyclic amines) is 1. The van der Waals surface area contributed by atoms with Gasteiger partial charge in [0.25, 0.3) is 0 Å². The van der Waals surface area contributed by atoms with E-state index in [1.54, 1.807) is 24.3 Å². The van der Waals surface area contributed by atoms with Crippen LogP contribution in [0.15, 0.2) is 24.3 Å². The van der Waals surface area contributed by atoms with E-state index in [4.69, 9.17) is 4.74 Å². The van der Waals surface area contributed by atoms with Gasteiger partial charge in [0.15, 0.2) is 0 Å². The zero-order valence-corrected chi connectivity index (χ0v) is 15.7. The quantitative estimate of drug-likeness (QED) is 0.847. The maximum atomic E-state index is 12.6. The Bertz CT molecular complexity index is 692. The maximum absolute atomic E-state index is 12.6. The van der Waals surface area contributed by atoms with Gasteiger partial charge in [0, 0.05) is 56.4 Å². The van der Waals surface area contributed by atoms with Crippen LogP contribution in [0.3, 0.4) is 0 Å². The largest absolute Gasteiger partial charge is 0.381 e. The van der Waals surface area contributed by atoms with Gasteiger partial charge >= 0.3 is 0 Å².